The molecule has 0 bridgehead atoms. The molecule has 0 aliphatic carbocycles. The number of para-hydroxylation sites is 1. The van der Waals surface area contributed by atoms with Crippen LogP contribution in [-0.4, -0.2) is 26.6 Å². The van der Waals surface area contributed by atoms with Crippen LogP contribution in [0.5, 0.6) is 11.5 Å². The van der Waals surface area contributed by atoms with Gasteiger partial charge in [-0.05, 0) is 49.2 Å². The lowest BCUT2D eigenvalue weighted by Crippen LogP contribution is -2.01. The van der Waals surface area contributed by atoms with Gasteiger partial charge in [0, 0.05) is 23.6 Å². The number of benzene rings is 2. The molecule has 0 radical (unpaired) electrons. The van der Waals surface area contributed by atoms with Crippen molar-refractivity contribution in [2.24, 2.45) is 0 Å². The lowest BCUT2D eigenvalue weighted by Gasteiger charge is -2.14. The number of hydrogen-bond acceptors (Lipinski definition) is 5. The average molecular weight is 360 g/mol. The van der Waals surface area contributed by atoms with Gasteiger partial charge in [-0.15, -0.1) is 0 Å². The lowest BCUT2D eigenvalue weighted by atomic mass is 10.1. The molecule has 2 aromatic heterocycles. The molecule has 0 aliphatic heterocycles. The van der Waals surface area contributed by atoms with E-state index in [1.165, 1.54) is 7.11 Å². The van der Waals surface area contributed by atoms with Gasteiger partial charge in [0.25, 0.3) is 0 Å². The molecule has 2 N–H and O–H groups in total. The van der Waals surface area contributed by atoms with Crippen LogP contribution in [0, 0.1) is 13.8 Å². The van der Waals surface area contributed by atoms with Crippen molar-refractivity contribution in [3.05, 3.63) is 66.0 Å². The fourth-order valence-electron chi connectivity index (χ4n) is 3.16. The maximum Gasteiger partial charge on any atom is 0.235 e. The van der Waals surface area contributed by atoms with Crippen molar-refractivity contribution in [1.29, 1.82) is 0 Å². The van der Waals surface area contributed by atoms with Crippen LogP contribution in [-0.2, 0) is 0 Å². The number of phenolic OH excluding ortho intramolecular Hbond substituents is 1. The highest BCUT2D eigenvalue weighted by Crippen LogP contribution is 2.36. The Morgan fingerprint density at radius 3 is 2.59 bits per heavy atom. The molecule has 4 rings (SSSR count). The molecule has 0 amide bonds. The Kier molecular flexibility index (Phi) is 4.16. The second-order valence-corrected chi connectivity index (χ2v) is 6.38. The van der Waals surface area contributed by atoms with Crippen molar-refractivity contribution in [3.63, 3.8) is 0 Å². The molecular weight excluding hydrogens is 340 g/mol. The minimum Gasteiger partial charge on any atom is -0.504 e. The number of aryl methyl sites for hydroxylation is 2. The highest BCUT2D eigenvalue weighted by atomic mass is 16.5. The normalized spacial score (nSPS) is 10.9. The summed E-state index contributed by atoms with van der Waals surface area (Å²) in [5, 5.41) is 13.5. The maximum absolute atomic E-state index is 9.92. The second kappa shape index (κ2) is 6.64. The minimum absolute atomic E-state index is 0.0902. The van der Waals surface area contributed by atoms with Crippen molar-refractivity contribution >= 4 is 17.3 Å². The van der Waals surface area contributed by atoms with E-state index >= 15 is 0 Å². The quantitative estimate of drug-likeness (QED) is 0.562. The lowest BCUT2D eigenvalue weighted by molar-refractivity contribution is 0.373. The smallest absolute Gasteiger partial charge is 0.235 e. The van der Waals surface area contributed by atoms with Crippen molar-refractivity contribution in [2.45, 2.75) is 13.8 Å². The van der Waals surface area contributed by atoms with E-state index < -0.39 is 0 Å². The summed E-state index contributed by atoms with van der Waals surface area (Å²) in [6.45, 7) is 4.14. The molecule has 0 aliphatic rings. The molecule has 0 spiro atoms. The van der Waals surface area contributed by atoms with Gasteiger partial charge in [-0.1, -0.05) is 18.2 Å². The van der Waals surface area contributed by atoms with Crippen LogP contribution in [0.2, 0.25) is 0 Å². The first-order valence-electron chi connectivity index (χ1n) is 8.62. The Hall–Kier alpha value is -3.54. The van der Waals surface area contributed by atoms with Gasteiger partial charge in [0.05, 0.1) is 7.11 Å². The number of imidazole rings is 1. The number of aromatic nitrogens is 3. The van der Waals surface area contributed by atoms with Crippen molar-refractivity contribution in [2.75, 3.05) is 12.4 Å². The average Bonchev–Trinajstić information content (AvgIpc) is 3.04. The number of nitrogens with one attached hydrogen (secondary N) is 1. The summed E-state index contributed by atoms with van der Waals surface area (Å²) < 4.78 is 7.17. The van der Waals surface area contributed by atoms with Crippen LogP contribution in [0.1, 0.15) is 11.1 Å². The summed E-state index contributed by atoms with van der Waals surface area (Å²) >= 11 is 0. The molecule has 0 atom stereocenters. The standard InChI is InChI=1S/C21H20N4O2/c1-13-6-4-7-14(2)18(13)23-20-19(24-21-22-10-5-11-25(20)21)15-8-9-16(26)17(12-15)27-3/h4-12,23,26H,1-3H3. The Bertz CT molecular complexity index is 1110. The number of aromatic hydroxyl groups is 1. The van der Waals surface area contributed by atoms with Crippen LogP contribution in [0.4, 0.5) is 11.5 Å². The number of fused-ring (bicyclic) bond motifs is 1. The fourth-order valence-corrected chi connectivity index (χ4v) is 3.16. The third kappa shape index (κ3) is 2.95. The maximum atomic E-state index is 9.92. The van der Waals surface area contributed by atoms with Crippen molar-refractivity contribution < 1.29 is 9.84 Å². The number of anilines is 2. The highest BCUT2D eigenvalue weighted by Gasteiger charge is 2.17. The van der Waals surface area contributed by atoms with Gasteiger partial charge in [0.2, 0.25) is 5.78 Å². The molecular formula is C21H20N4O2. The second-order valence-electron chi connectivity index (χ2n) is 6.38. The first-order valence-corrected chi connectivity index (χ1v) is 8.62. The summed E-state index contributed by atoms with van der Waals surface area (Å²) in [6, 6.07) is 13.2. The van der Waals surface area contributed by atoms with Gasteiger partial charge >= 0.3 is 0 Å². The largest absolute Gasteiger partial charge is 0.504 e. The molecule has 0 saturated heterocycles. The zero-order chi connectivity index (χ0) is 19.0. The topological polar surface area (TPSA) is 71.7 Å². The van der Waals surface area contributed by atoms with E-state index in [1.807, 2.05) is 28.8 Å². The van der Waals surface area contributed by atoms with Crippen LogP contribution in [0.3, 0.4) is 0 Å². The first-order chi connectivity index (χ1) is 13.1. The molecule has 2 heterocycles. The van der Waals surface area contributed by atoms with Gasteiger partial charge in [-0.25, -0.2) is 9.97 Å². The highest BCUT2D eigenvalue weighted by molar-refractivity contribution is 5.81. The van der Waals surface area contributed by atoms with Gasteiger partial charge in [0.15, 0.2) is 11.5 Å². The summed E-state index contributed by atoms with van der Waals surface area (Å²) in [7, 11) is 1.53. The monoisotopic (exact) mass is 360 g/mol. The van der Waals surface area contributed by atoms with Crippen molar-refractivity contribution in [3.8, 4) is 22.8 Å². The molecule has 0 fully saturated rings. The number of hydrogen-bond donors (Lipinski definition) is 2. The minimum atomic E-state index is 0.0902. The van der Waals surface area contributed by atoms with Gasteiger partial charge in [-0.2, -0.15) is 0 Å². The molecule has 2 aromatic carbocycles. The SMILES string of the molecule is COc1cc(-c2nc3ncccn3c2Nc2c(C)cccc2C)ccc1O. The van der Waals surface area contributed by atoms with Gasteiger partial charge in [-0.3, -0.25) is 4.40 Å². The van der Waals surface area contributed by atoms with E-state index in [1.54, 1.807) is 18.3 Å². The third-order valence-electron chi connectivity index (χ3n) is 4.58. The Labute approximate surface area is 157 Å². The van der Waals surface area contributed by atoms with Crippen LogP contribution >= 0.6 is 0 Å². The molecule has 136 valence electrons. The van der Waals surface area contributed by atoms with E-state index in [4.69, 9.17) is 9.72 Å². The summed E-state index contributed by atoms with van der Waals surface area (Å²) in [5.41, 5.74) is 4.87. The Morgan fingerprint density at radius 2 is 1.85 bits per heavy atom. The van der Waals surface area contributed by atoms with Crippen molar-refractivity contribution in [1.82, 2.24) is 14.4 Å². The zero-order valence-electron chi connectivity index (χ0n) is 15.4. The van der Waals surface area contributed by atoms with Crippen LogP contribution in [0.25, 0.3) is 17.0 Å². The van der Waals surface area contributed by atoms with E-state index in [2.05, 4.69) is 36.3 Å². The Morgan fingerprint density at radius 1 is 1.07 bits per heavy atom. The number of phenols is 1. The molecule has 6 heteroatoms. The van der Waals surface area contributed by atoms with E-state index in [9.17, 15) is 5.11 Å². The van der Waals surface area contributed by atoms with Gasteiger partial charge < -0.3 is 15.2 Å². The van der Waals surface area contributed by atoms with E-state index in [0.29, 0.717) is 11.5 Å². The predicted octanol–water partition coefficient (Wildman–Crippen LogP) is 4.47. The van der Waals surface area contributed by atoms with Crippen LogP contribution in [0.15, 0.2) is 54.9 Å². The number of methoxy groups -OCH3 is 1. The fraction of sp³-hybridized carbons (Fsp3) is 0.143. The molecule has 0 unspecified atom stereocenters. The van der Waals surface area contributed by atoms with E-state index in [0.717, 1.165) is 33.9 Å². The molecule has 0 saturated carbocycles. The first kappa shape index (κ1) is 16.9. The Balaban J connectivity index is 1.93. The molecule has 6 nitrogen and oxygen atoms in total. The molecule has 4 aromatic rings. The van der Waals surface area contributed by atoms with Crippen LogP contribution < -0.4 is 10.1 Å². The van der Waals surface area contributed by atoms with Gasteiger partial charge in [0.1, 0.15) is 11.5 Å². The molecule has 27 heavy (non-hydrogen) atoms. The summed E-state index contributed by atoms with van der Waals surface area (Å²) in [4.78, 5) is 9.06. The number of nitrogens with zero attached hydrogens (tertiary/aromatic N) is 3. The summed E-state index contributed by atoms with van der Waals surface area (Å²) in [6.07, 6.45) is 3.64. The van der Waals surface area contributed by atoms with E-state index in [-0.39, 0.29) is 5.75 Å². The number of rotatable bonds is 4. The third-order valence-corrected chi connectivity index (χ3v) is 4.58. The summed E-state index contributed by atoms with van der Waals surface area (Å²) in [5.74, 6) is 1.89. The number of ether oxygens (including phenoxy) is 1. The predicted molar refractivity (Wildman–Crippen MR) is 106 cm³/mol. The zero-order valence-corrected chi connectivity index (χ0v) is 15.4.